The first kappa shape index (κ1) is 38.4. The molecule has 4 nitrogen and oxygen atoms in total. The summed E-state index contributed by atoms with van der Waals surface area (Å²) in [4.78, 5) is 0. The van der Waals surface area contributed by atoms with E-state index in [1.54, 1.807) is 0 Å². The highest BCUT2D eigenvalue weighted by atomic mass is 16.5. The van der Waals surface area contributed by atoms with E-state index < -0.39 is 0 Å². The summed E-state index contributed by atoms with van der Waals surface area (Å²) in [6.45, 7) is -0.173. The van der Waals surface area contributed by atoms with E-state index in [1.165, 1.54) is 0 Å². The molecule has 0 bridgehead atoms. The van der Waals surface area contributed by atoms with Crippen LogP contribution in [-0.2, 0) is 13.2 Å². The second-order valence-electron chi connectivity index (χ2n) is 15.4. The molecule has 0 spiro atoms. The van der Waals surface area contributed by atoms with Gasteiger partial charge in [-0.1, -0.05) is 170 Å². The smallest absolute Gasteiger partial charge is 0.136 e. The molecule has 62 heavy (non-hydrogen) atoms. The van der Waals surface area contributed by atoms with Gasteiger partial charge in [-0.25, -0.2) is 0 Å². The van der Waals surface area contributed by atoms with Crippen molar-refractivity contribution in [3.05, 3.63) is 230 Å². The van der Waals surface area contributed by atoms with E-state index in [4.69, 9.17) is 9.47 Å². The molecule has 298 valence electrons. The lowest BCUT2D eigenvalue weighted by atomic mass is 9.89. The maximum Gasteiger partial charge on any atom is 0.136 e. The molecule has 0 aliphatic rings. The van der Waals surface area contributed by atoms with Crippen LogP contribution in [0.2, 0.25) is 0 Å². The minimum Gasteiger partial charge on any atom is -0.456 e. The Balaban J connectivity index is 1.24. The van der Waals surface area contributed by atoms with Gasteiger partial charge in [0.2, 0.25) is 0 Å². The van der Waals surface area contributed by atoms with Crippen LogP contribution in [0.25, 0.3) is 77.2 Å². The van der Waals surface area contributed by atoms with Gasteiger partial charge in [0.05, 0.1) is 13.2 Å². The van der Waals surface area contributed by atoms with Crippen molar-refractivity contribution in [1.82, 2.24) is 0 Å². The number of hydrogen-bond acceptors (Lipinski definition) is 4. The molecule has 10 aromatic rings. The van der Waals surface area contributed by atoms with Crippen LogP contribution in [-0.4, -0.2) is 10.2 Å². The summed E-state index contributed by atoms with van der Waals surface area (Å²) in [7, 11) is 0. The molecule has 0 amide bonds. The zero-order valence-corrected chi connectivity index (χ0v) is 33.9. The molecule has 0 fully saturated rings. The molecule has 0 heterocycles. The number of aliphatic hydroxyl groups is 2. The molecule has 2 N–H and O–H groups in total. The first-order valence-electron chi connectivity index (χ1n) is 20.8. The second-order valence-corrected chi connectivity index (χ2v) is 15.4. The molecule has 0 unspecified atom stereocenters. The highest BCUT2D eigenvalue weighted by molar-refractivity contribution is 6.11. The van der Waals surface area contributed by atoms with Crippen LogP contribution in [0.4, 0.5) is 0 Å². The molecular formula is C58H42O4. The second kappa shape index (κ2) is 17.1. The fourth-order valence-corrected chi connectivity index (χ4v) is 8.38. The number of rotatable bonds is 11. The van der Waals surface area contributed by atoms with Crippen LogP contribution in [0, 0.1) is 0 Å². The molecule has 10 rings (SSSR count). The quantitative estimate of drug-likeness (QED) is 0.137. The van der Waals surface area contributed by atoms with E-state index in [1.807, 2.05) is 84.9 Å². The largest absolute Gasteiger partial charge is 0.456 e. The zero-order chi connectivity index (χ0) is 41.8. The zero-order valence-electron chi connectivity index (χ0n) is 33.9. The summed E-state index contributed by atoms with van der Waals surface area (Å²) in [5.41, 5.74) is 11.6. The van der Waals surface area contributed by atoms with Gasteiger partial charge >= 0.3 is 0 Å². The third kappa shape index (κ3) is 7.61. The van der Waals surface area contributed by atoms with Gasteiger partial charge in [0.1, 0.15) is 23.0 Å². The van der Waals surface area contributed by atoms with E-state index in [0.717, 1.165) is 88.3 Å². The lowest BCUT2D eigenvalue weighted by Crippen LogP contribution is -1.98. The Morgan fingerprint density at radius 1 is 0.290 bits per heavy atom. The van der Waals surface area contributed by atoms with Crippen molar-refractivity contribution in [2.75, 3.05) is 0 Å². The number of aliphatic hydroxyl groups excluding tert-OH is 2. The average Bonchev–Trinajstić information content (AvgIpc) is 3.35. The monoisotopic (exact) mass is 802 g/mol. The lowest BCUT2D eigenvalue weighted by Gasteiger charge is -2.22. The molecule has 4 heteroatoms. The minimum atomic E-state index is -0.0863. The summed E-state index contributed by atoms with van der Waals surface area (Å²) in [6.07, 6.45) is 0. The summed E-state index contributed by atoms with van der Waals surface area (Å²) < 4.78 is 14.4. The van der Waals surface area contributed by atoms with Gasteiger partial charge in [-0.3, -0.25) is 0 Å². The van der Waals surface area contributed by atoms with Gasteiger partial charge < -0.3 is 19.7 Å². The first-order valence-corrected chi connectivity index (χ1v) is 20.8. The molecule has 0 radical (unpaired) electrons. The summed E-state index contributed by atoms with van der Waals surface area (Å²) in [5, 5.41) is 24.5. The number of ether oxygens (including phenoxy) is 2. The van der Waals surface area contributed by atoms with Crippen LogP contribution < -0.4 is 9.47 Å². The molecule has 0 aromatic heterocycles. The van der Waals surface area contributed by atoms with Crippen molar-refractivity contribution < 1.29 is 19.7 Å². The Hall–Kier alpha value is -7.76. The van der Waals surface area contributed by atoms with Crippen LogP contribution in [0.5, 0.6) is 23.0 Å². The van der Waals surface area contributed by atoms with Crippen molar-refractivity contribution in [2.45, 2.75) is 13.2 Å². The van der Waals surface area contributed by atoms with Crippen molar-refractivity contribution in [3.8, 4) is 78.6 Å². The van der Waals surface area contributed by atoms with Crippen LogP contribution in [0.1, 0.15) is 11.1 Å². The Kier molecular flexibility index (Phi) is 10.6. The van der Waals surface area contributed by atoms with Crippen molar-refractivity contribution in [2.24, 2.45) is 0 Å². The molecular weight excluding hydrogens is 761 g/mol. The number of benzene rings is 10. The number of fused-ring (bicyclic) bond motifs is 2. The van der Waals surface area contributed by atoms with Crippen LogP contribution >= 0.6 is 0 Å². The Morgan fingerprint density at radius 2 is 0.645 bits per heavy atom. The van der Waals surface area contributed by atoms with E-state index in [0.29, 0.717) is 23.0 Å². The highest BCUT2D eigenvalue weighted by Gasteiger charge is 2.23. The Morgan fingerprint density at radius 3 is 1.02 bits per heavy atom. The van der Waals surface area contributed by atoms with Crippen LogP contribution in [0.3, 0.4) is 0 Å². The Bertz CT molecular complexity index is 2960. The topological polar surface area (TPSA) is 58.9 Å². The van der Waals surface area contributed by atoms with Gasteiger partial charge in [0, 0.05) is 22.3 Å². The molecule has 0 saturated heterocycles. The van der Waals surface area contributed by atoms with E-state index in [-0.39, 0.29) is 13.2 Å². The SMILES string of the molecule is OCc1ccc(Oc2ccc3cc(-c4ccccc4)ccc3c2-c2c(Oc3ccc(CO)cc3-c3ccccc3)ccc3cc(-c4ccccc4)ccc23)c(-c2ccccc2)c1. The molecule has 0 aliphatic heterocycles. The molecule has 10 aromatic carbocycles. The van der Waals surface area contributed by atoms with Crippen molar-refractivity contribution in [1.29, 1.82) is 0 Å². The predicted molar refractivity (Wildman–Crippen MR) is 254 cm³/mol. The normalized spacial score (nSPS) is 11.2. The summed E-state index contributed by atoms with van der Waals surface area (Å²) >= 11 is 0. The summed E-state index contributed by atoms with van der Waals surface area (Å²) in [6, 6.07) is 74.4. The van der Waals surface area contributed by atoms with Gasteiger partial charge in [-0.2, -0.15) is 0 Å². The molecule has 0 atom stereocenters. The Labute approximate surface area is 361 Å². The van der Waals surface area contributed by atoms with Gasteiger partial charge in [-0.15, -0.1) is 0 Å². The van der Waals surface area contributed by atoms with Gasteiger partial charge in [0.15, 0.2) is 0 Å². The van der Waals surface area contributed by atoms with E-state index >= 15 is 0 Å². The third-order valence-electron chi connectivity index (χ3n) is 11.5. The van der Waals surface area contributed by atoms with Crippen molar-refractivity contribution >= 4 is 21.5 Å². The van der Waals surface area contributed by atoms with E-state index in [2.05, 4.69) is 133 Å². The lowest BCUT2D eigenvalue weighted by molar-refractivity contribution is 0.281. The van der Waals surface area contributed by atoms with Crippen LogP contribution in [0.15, 0.2) is 218 Å². The fourth-order valence-electron chi connectivity index (χ4n) is 8.38. The standard InChI is InChI=1S/C58H42O4/c59-37-39-21-29-53(51(33-39)43-17-9-3-10-18-43)61-55-31-25-47-35-45(41-13-5-1-6-14-41)23-27-49(47)57(55)58-50-28-24-46(42-15-7-2-8-16-42)36-48(50)26-32-56(58)62-54-30-22-40(38-60)34-52(54)44-19-11-4-12-20-44/h1-36,59-60H,37-38H2. The maximum atomic E-state index is 10.2. The maximum absolute atomic E-state index is 10.2. The average molecular weight is 803 g/mol. The van der Waals surface area contributed by atoms with Gasteiger partial charge in [0.25, 0.3) is 0 Å². The highest BCUT2D eigenvalue weighted by Crippen LogP contribution is 2.50. The van der Waals surface area contributed by atoms with Gasteiger partial charge in [-0.05, 0) is 115 Å². The summed E-state index contributed by atoms with van der Waals surface area (Å²) in [5.74, 6) is 2.63. The third-order valence-corrected chi connectivity index (χ3v) is 11.5. The molecule has 0 aliphatic carbocycles. The number of hydrogen-bond donors (Lipinski definition) is 2. The predicted octanol–water partition coefficient (Wildman–Crippen LogP) is 14.9. The molecule has 0 saturated carbocycles. The van der Waals surface area contributed by atoms with Crippen molar-refractivity contribution in [3.63, 3.8) is 0 Å². The van der Waals surface area contributed by atoms with E-state index in [9.17, 15) is 10.2 Å². The fraction of sp³-hybridized carbons (Fsp3) is 0.0345. The first-order chi connectivity index (χ1) is 30.6. The minimum absolute atomic E-state index is 0.0863.